The van der Waals surface area contributed by atoms with Gasteiger partial charge in [0.2, 0.25) is 15.9 Å². The Morgan fingerprint density at radius 2 is 2.40 bits per heavy atom. The molecule has 7 heteroatoms. The second kappa shape index (κ2) is 4.91. The number of aromatic nitrogens is 1. The van der Waals surface area contributed by atoms with E-state index in [4.69, 9.17) is 9.68 Å². The van der Waals surface area contributed by atoms with Crippen molar-refractivity contribution >= 4 is 10.0 Å². The monoisotopic (exact) mass is 229 g/mol. The van der Waals surface area contributed by atoms with Crippen LogP contribution in [0.5, 0.6) is 0 Å². The van der Waals surface area contributed by atoms with Crippen LogP contribution in [0.25, 0.3) is 0 Å². The molecule has 0 atom stereocenters. The van der Waals surface area contributed by atoms with Gasteiger partial charge in [-0.05, 0) is 0 Å². The first-order valence-corrected chi connectivity index (χ1v) is 6.00. The molecule has 0 unspecified atom stereocenters. The van der Waals surface area contributed by atoms with Crippen molar-refractivity contribution < 1.29 is 12.8 Å². The van der Waals surface area contributed by atoms with Gasteiger partial charge in [0.15, 0.2) is 5.75 Å². The Balaban J connectivity index is 2.54. The second-order valence-electron chi connectivity index (χ2n) is 2.81. The van der Waals surface area contributed by atoms with Crippen LogP contribution in [0.15, 0.2) is 10.6 Å². The van der Waals surface area contributed by atoms with Crippen LogP contribution in [0.4, 0.5) is 0 Å². The van der Waals surface area contributed by atoms with Gasteiger partial charge in [-0.3, -0.25) is 0 Å². The fourth-order valence-corrected chi connectivity index (χ4v) is 1.52. The Labute approximate surface area is 88.0 Å². The molecule has 0 amide bonds. The highest BCUT2D eigenvalue weighted by molar-refractivity contribution is 7.89. The third-order valence-electron chi connectivity index (χ3n) is 1.65. The fourth-order valence-electron chi connectivity index (χ4n) is 0.901. The van der Waals surface area contributed by atoms with E-state index in [1.54, 1.807) is 12.3 Å². The molecule has 1 aromatic rings. The molecule has 0 spiro atoms. The van der Waals surface area contributed by atoms with E-state index in [-0.39, 0.29) is 6.54 Å². The van der Waals surface area contributed by atoms with Crippen molar-refractivity contribution in [2.45, 2.75) is 19.9 Å². The van der Waals surface area contributed by atoms with Crippen molar-refractivity contribution in [1.29, 1.82) is 5.26 Å². The molecule has 0 saturated heterocycles. The topological polar surface area (TPSA) is 96.0 Å². The van der Waals surface area contributed by atoms with Gasteiger partial charge in [0.1, 0.15) is 5.76 Å². The maximum Gasteiger partial charge on any atom is 0.225 e. The number of oxazole rings is 1. The number of nitrogens with zero attached hydrogens (tertiary/aromatic N) is 2. The third kappa shape index (κ3) is 3.69. The number of sulfonamides is 1. The zero-order chi connectivity index (χ0) is 11.3. The van der Waals surface area contributed by atoms with Crippen molar-refractivity contribution in [1.82, 2.24) is 9.71 Å². The lowest BCUT2D eigenvalue weighted by molar-refractivity contribution is 0.452. The molecule has 1 N–H and O–H groups in total. The van der Waals surface area contributed by atoms with Gasteiger partial charge in [-0.25, -0.2) is 18.1 Å². The van der Waals surface area contributed by atoms with E-state index in [2.05, 4.69) is 9.71 Å². The predicted octanol–water partition coefficient (Wildman–Crippen LogP) is 0.180. The molecular weight excluding hydrogens is 218 g/mol. The van der Waals surface area contributed by atoms with Crippen LogP contribution in [-0.2, 0) is 23.0 Å². The van der Waals surface area contributed by atoms with E-state index < -0.39 is 15.8 Å². The maximum atomic E-state index is 11.1. The van der Waals surface area contributed by atoms with Crippen LogP contribution in [0.2, 0.25) is 0 Å². The van der Waals surface area contributed by atoms with Crippen molar-refractivity contribution in [3.63, 3.8) is 0 Å². The van der Waals surface area contributed by atoms with Crippen LogP contribution in [0, 0.1) is 11.3 Å². The molecule has 0 aromatic carbocycles. The molecular formula is C8H11N3O3S. The Kier molecular flexibility index (Phi) is 3.82. The summed E-state index contributed by atoms with van der Waals surface area (Å²) in [6, 6.07) is 1.56. The summed E-state index contributed by atoms with van der Waals surface area (Å²) in [5, 5.41) is 8.23. The summed E-state index contributed by atoms with van der Waals surface area (Å²) in [6.45, 7) is 1.88. The van der Waals surface area contributed by atoms with E-state index in [0.717, 1.165) is 0 Å². The Hall–Kier alpha value is -1.39. The smallest absolute Gasteiger partial charge is 0.225 e. The zero-order valence-electron chi connectivity index (χ0n) is 8.23. The van der Waals surface area contributed by atoms with Gasteiger partial charge in [0.25, 0.3) is 0 Å². The van der Waals surface area contributed by atoms with Crippen LogP contribution in [0.3, 0.4) is 0 Å². The number of rotatable bonds is 5. The molecule has 0 saturated carbocycles. The average molecular weight is 229 g/mol. The van der Waals surface area contributed by atoms with Crippen LogP contribution in [-0.4, -0.2) is 19.2 Å². The van der Waals surface area contributed by atoms with Crippen molar-refractivity contribution in [3.05, 3.63) is 17.8 Å². The molecule has 1 rings (SSSR count). The van der Waals surface area contributed by atoms with Gasteiger partial charge in [0.05, 0.1) is 18.8 Å². The van der Waals surface area contributed by atoms with Crippen molar-refractivity contribution in [2.24, 2.45) is 0 Å². The lowest BCUT2D eigenvalue weighted by Gasteiger charge is -1.99. The van der Waals surface area contributed by atoms with Crippen molar-refractivity contribution in [3.8, 4) is 6.07 Å². The van der Waals surface area contributed by atoms with E-state index in [1.165, 1.54) is 0 Å². The van der Waals surface area contributed by atoms with E-state index in [9.17, 15) is 8.42 Å². The highest BCUT2D eigenvalue weighted by Crippen LogP contribution is 2.03. The Morgan fingerprint density at radius 3 is 2.93 bits per heavy atom. The van der Waals surface area contributed by atoms with E-state index in [0.29, 0.717) is 18.1 Å². The normalized spacial score (nSPS) is 11.2. The second-order valence-corrected chi connectivity index (χ2v) is 4.62. The Bertz CT molecular complexity index is 458. The molecule has 6 nitrogen and oxygen atoms in total. The summed E-state index contributed by atoms with van der Waals surface area (Å²) in [5.41, 5.74) is 0. The standard InChI is InChI=1S/C8H11N3O3S/c1-2-7-5-10-8(14-7)6-11-15(12,13)4-3-9/h5,11H,2,4,6H2,1H3. The largest absolute Gasteiger partial charge is 0.444 e. The highest BCUT2D eigenvalue weighted by Gasteiger charge is 2.10. The summed E-state index contributed by atoms with van der Waals surface area (Å²) in [5.74, 6) is 0.437. The minimum Gasteiger partial charge on any atom is -0.444 e. The molecule has 15 heavy (non-hydrogen) atoms. The molecule has 0 aliphatic carbocycles. The molecule has 82 valence electrons. The van der Waals surface area contributed by atoms with Gasteiger partial charge in [-0.15, -0.1) is 0 Å². The average Bonchev–Trinajstić information content (AvgIpc) is 2.62. The first-order valence-electron chi connectivity index (χ1n) is 4.35. The first kappa shape index (κ1) is 11.7. The van der Waals surface area contributed by atoms with Gasteiger partial charge in [-0.1, -0.05) is 6.92 Å². The summed E-state index contributed by atoms with van der Waals surface area (Å²) >= 11 is 0. The quantitative estimate of drug-likeness (QED) is 0.776. The number of hydrogen-bond acceptors (Lipinski definition) is 5. The molecule has 0 radical (unpaired) electrons. The summed E-state index contributed by atoms with van der Waals surface area (Å²) < 4.78 is 29.5. The predicted molar refractivity (Wildman–Crippen MR) is 52.1 cm³/mol. The van der Waals surface area contributed by atoms with Gasteiger partial charge >= 0.3 is 0 Å². The molecule has 0 aliphatic heterocycles. The van der Waals surface area contributed by atoms with Crippen LogP contribution in [0.1, 0.15) is 18.6 Å². The molecule has 0 fully saturated rings. The van der Waals surface area contributed by atoms with Crippen LogP contribution >= 0.6 is 0 Å². The summed E-state index contributed by atoms with van der Waals surface area (Å²) in [6.07, 6.45) is 2.26. The highest BCUT2D eigenvalue weighted by atomic mass is 32.2. The first-order chi connectivity index (χ1) is 7.07. The number of hydrogen-bond donors (Lipinski definition) is 1. The lowest BCUT2D eigenvalue weighted by atomic mass is 10.4. The number of nitrogens with one attached hydrogen (secondary N) is 1. The third-order valence-corrected chi connectivity index (χ3v) is 2.74. The van der Waals surface area contributed by atoms with Gasteiger partial charge < -0.3 is 4.42 Å². The van der Waals surface area contributed by atoms with Gasteiger partial charge in [-0.2, -0.15) is 5.26 Å². The maximum absolute atomic E-state index is 11.1. The Morgan fingerprint density at radius 1 is 1.67 bits per heavy atom. The van der Waals surface area contributed by atoms with Crippen LogP contribution < -0.4 is 4.72 Å². The van der Waals surface area contributed by atoms with E-state index >= 15 is 0 Å². The zero-order valence-corrected chi connectivity index (χ0v) is 9.04. The fraction of sp³-hybridized carbons (Fsp3) is 0.500. The lowest BCUT2D eigenvalue weighted by Crippen LogP contribution is -2.25. The summed E-state index contributed by atoms with van der Waals surface area (Å²) in [7, 11) is -3.54. The molecule has 0 aliphatic rings. The molecule has 1 heterocycles. The van der Waals surface area contributed by atoms with E-state index in [1.807, 2.05) is 6.92 Å². The van der Waals surface area contributed by atoms with Gasteiger partial charge in [0, 0.05) is 6.42 Å². The number of aryl methyl sites for hydroxylation is 1. The molecule has 1 aromatic heterocycles. The van der Waals surface area contributed by atoms with Crippen molar-refractivity contribution in [2.75, 3.05) is 5.75 Å². The number of nitriles is 1. The molecule has 0 bridgehead atoms. The SMILES string of the molecule is CCc1cnc(CNS(=O)(=O)CC#N)o1. The minimum atomic E-state index is -3.54. The summed E-state index contributed by atoms with van der Waals surface area (Å²) in [4.78, 5) is 3.87. The minimum absolute atomic E-state index is 0.0238.